The van der Waals surface area contributed by atoms with Crippen LogP contribution in [-0.4, -0.2) is 5.11 Å². The smallest absolute Gasteiger partial charge is 0.0991 e. The van der Waals surface area contributed by atoms with Crippen molar-refractivity contribution in [2.45, 2.75) is 45.6 Å². The van der Waals surface area contributed by atoms with Crippen molar-refractivity contribution < 1.29 is 5.11 Å². The fourth-order valence-electron chi connectivity index (χ4n) is 3.29. The van der Waals surface area contributed by atoms with E-state index in [0.717, 1.165) is 12.8 Å². The predicted molar refractivity (Wildman–Crippen MR) is 86.3 cm³/mol. The van der Waals surface area contributed by atoms with Crippen LogP contribution in [0.5, 0.6) is 0 Å². The molecule has 1 atom stereocenters. The zero-order chi connectivity index (χ0) is 15.6. The molecular weight excluding hydrogens is 305 g/mol. The molecule has 0 bridgehead atoms. The van der Waals surface area contributed by atoms with Gasteiger partial charge in [0.15, 0.2) is 0 Å². The summed E-state index contributed by atoms with van der Waals surface area (Å²) >= 11 is 12.2. The molecule has 21 heavy (non-hydrogen) atoms. The van der Waals surface area contributed by atoms with Gasteiger partial charge in [0.2, 0.25) is 0 Å². The molecule has 0 heterocycles. The summed E-state index contributed by atoms with van der Waals surface area (Å²) in [6.45, 7) is 4.43. The SMILES string of the molecule is CC(C)C1CCC(C#N)(C(O)c2cc(Cl)ccc2Cl)CC1. The van der Waals surface area contributed by atoms with Crippen molar-refractivity contribution in [1.29, 1.82) is 5.26 Å². The van der Waals surface area contributed by atoms with Crippen LogP contribution in [-0.2, 0) is 0 Å². The highest BCUT2D eigenvalue weighted by Gasteiger charge is 2.43. The van der Waals surface area contributed by atoms with Gasteiger partial charge in [0, 0.05) is 15.6 Å². The molecule has 114 valence electrons. The number of hydrogen-bond donors (Lipinski definition) is 1. The fraction of sp³-hybridized carbons (Fsp3) is 0.588. The fourth-order valence-corrected chi connectivity index (χ4v) is 3.69. The average Bonchev–Trinajstić information content (AvgIpc) is 2.49. The lowest BCUT2D eigenvalue weighted by atomic mass is 9.65. The number of rotatable bonds is 3. The number of aliphatic hydroxyl groups excluding tert-OH is 1. The normalized spacial score (nSPS) is 27.4. The minimum Gasteiger partial charge on any atom is -0.387 e. The number of benzene rings is 1. The molecule has 0 radical (unpaired) electrons. The summed E-state index contributed by atoms with van der Waals surface area (Å²) in [6.07, 6.45) is 2.47. The number of hydrogen-bond acceptors (Lipinski definition) is 2. The van der Waals surface area contributed by atoms with Crippen molar-refractivity contribution >= 4 is 23.2 Å². The Kier molecular flexibility index (Phi) is 5.20. The van der Waals surface area contributed by atoms with E-state index in [-0.39, 0.29) is 0 Å². The third-order valence-corrected chi connectivity index (χ3v) is 5.44. The minimum absolute atomic E-state index is 0.465. The van der Waals surface area contributed by atoms with Crippen molar-refractivity contribution in [3.8, 4) is 6.07 Å². The zero-order valence-electron chi connectivity index (χ0n) is 12.4. The largest absolute Gasteiger partial charge is 0.387 e. The van der Waals surface area contributed by atoms with Gasteiger partial charge >= 0.3 is 0 Å². The van der Waals surface area contributed by atoms with Crippen molar-refractivity contribution in [2.75, 3.05) is 0 Å². The third kappa shape index (κ3) is 3.37. The Bertz CT molecular complexity index is 542. The monoisotopic (exact) mass is 325 g/mol. The van der Waals surface area contributed by atoms with Gasteiger partial charge in [0.25, 0.3) is 0 Å². The van der Waals surface area contributed by atoms with Crippen LogP contribution in [0.1, 0.15) is 51.2 Å². The van der Waals surface area contributed by atoms with Crippen LogP contribution in [0.4, 0.5) is 0 Å². The summed E-state index contributed by atoms with van der Waals surface area (Å²) in [4.78, 5) is 0. The molecule has 1 fully saturated rings. The van der Waals surface area contributed by atoms with Gasteiger partial charge < -0.3 is 5.11 Å². The zero-order valence-corrected chi connectivity index (χ0v) is 14.0. The summed E-state index contributed by atoms with van der Waals surface area (Å²) in [5.74, 6) is 1.25. The van der Waals surface area contributed by atoms with Crippen LogP contribution >= 0.6 is 23.2 Å². The van der Waals surface area contributed by atoms with Crippen molar-refractivity contribution in [1.82, 2.24) is 0 Å². The molecule has 1 saturated carbocycles. The number of nitrogens with zero attached hydrogens (tertiary/aromatic N) is 1. The summed E-state index contributed by atoms with van der Waals surface area (Å²) in [7, 11) is 0. The molecule has 2 rings (SSSR count). The molecule has 2 nitrogen and oxygen atoms in total. The van der Waals surface area contributed by atoms with Gasteiger partial charge in [-0.2, -0.15) is 5.26 Å². The predicted octanol–water partition coefficient (Wildman–Crippen LogP) is 5.38. The molecule has 1 aliphatic carbocycles. The molecule has 0 spiro atoms. The highest BCUT2D eigenvalue weighted by atomic mass is 35.5. The van der Waals surface area contributed by atoms with E-state index in [1.165, 1.54) is 0 Å². The Labute approximate surface area is 136 Å². The molecule has 1 aromatic rings. The van der Waals surface area contributed by atoms with E-state index in [0.29, 0.717) is 40.3 Å². The molecule has 0 saturated heterocycles. The van der Waals surface area contributed by atoms with E-state index in [4.69, 9.17) is 23.2 Å². The molecule has 1 aliphatic rings. The lowest BCUT2D eigenvalue weighted by Gasteiger charge is -2.39. The Balaban J connectivity index is 2.26. The van der Waals surface area contributed by atoms with Crippen LogP contribution in [0.2, 0.25) is 10.0 Å². The van der Waals surface area contributed by atoms with Gasteiger partial charge in [-0.15, -0.1) is 0 Å². The van der Waals surface area contributed by atoms with Crippen molar-refractivity contribution in [2.24, 2.45) is 17.3 Å². The van der Waals surface area contributed by atoms with Crippen molar-refractivity contribution in [3.63, 3.8) is 0 Å². The standard InChI is InChI=1S/C17H21Cl2NO/c1-11(2)12-5-7-17(10-20,8-6-12)16(21)14-9-13(18)3-4-15(14)19/h3-4,9,11-12,16,21H,5-8H2,1-2H3. The molecule has 1 unspecified atom stereocenters. The van der Waals surface area contributed by atoms with E-state index < -0.39 is 11.5 Å². The van der Waals surface area contributed by atoms with Crippen molar-refractivity contribution in [3.05, 3.63) is 33.8 Å². The lowest BCUT2D eigenvalue weighted by Crippen LogP contribution is -2.33. The summed E-state index contributed by atoms with van der Waals surface area (Å²) < 4.78 is 0. The van der Waals surface area contributed by atoms with Crippen LogP contribution in [0, 0.1) is 28.6 Å². The van der Waals surface area contributed by atoms with E-state index in [2.05, 4.69) is 19.9 Å². The van der Waals surface area contributed by atoms with Gasteiger partial charge in [0.05, 0.1) is 17.6 Å². The first-order valence-corrected chi connectivity index (χ1v) is 8.19. The molecule has 1 aromatic carbocycles. The first-order valence-electron chi connectivity index (χ1n) is 7.44. The Morgan fingerprint density at radius 3 is 2.43 bits per heavy atom. The Morgan fingerprint density at radius 1 is 1.29 bits per heavy atom. The van der Waals surface area contributed by atoms with Crippen LogP contribution in [0.15, 0.2) is 18.2 Å². The molecule has 0 aliphatic heterocycles. The quantitative estimate of drug-likeness (QED) is 0.810. The van der Waals surface area contributed by atoms with Crippen LogP contribution in [0.25, 0.3) is 0 Å². The number of aliphatic hydroxyl groups is 1. The summed E-state index contributed by atoms with van der Waals surface area (Å²) in [5.41, 5.74) is -0.187. The maximum Gasteiger partial charge on any atom is 0.0991 e. The van der Waals surface area contributed by atoms with Gasteiger partial charge in [-0.05, 0) is 55.7 Å². The summed E-state index contributed by atoms with van der Waals surface area (Å²) in [6, 6.07) is 7.40. The highest BCUT2D eigenvalue weighted by molar-refractivity contribution is 6.33. The second kappa shape index (κ2) is 6.57. The van der Waals surface area contributed by atoms with Crippen LogP contribution < -0.4 is 0 Å². The Morgan fingerprint density at radius 2 is 1.90 bits per heavy atom. The maximum atomic E-state index is 10.8. The number of nitriles is 1. The summed E-state index contributed by atoms with van der Waals surface area (Å²) in [5, 5.41) is 21.4. The Hall–Kier alpha value is -0.750. The van der Waals surface area contributed by atoms with E-state index in [1.807, 2.05) is 0 Å². The average molecular weight is 326 g/mol. The van der Waals surface area contributed by atoms with Gasteiger partial charge in [0.1, 0.15) is 0 Å². The molecule has 0 amide bonds. The van der Waals surface area contributed by atoms with E-state index in [9.17, 15) is 10.4 Å². The first kappa shape index (κ1) is 16.6. The van der Waals surface area contributed by atoms with Gasteiger partial charge in [-0.3, -0.25) is 0 Å². The topological polar surface area (TPSA) is 44.0 Å². The second-order valence-electron chi connectivity index (χ2n) is 6.42. The molecule has 0 aromatic heterocycles. The maximum absolute atomic E-state index is 10.8. The minimum atomic E-state index is -0.887. The van der Waals surface area contributed by atoms with E-state index in [1.54, 1.807) is 18.2 Å². The van der Waals surface area contributed by atoms with Gasteiger partial charge in [-0.1, -0.05) is 37.0 Å². The van der Waals surface area contributed by atoms with Gasteiger partial charge in [-0.25, -0.2) is 0 Å². The highest BCUT2D eigenvalue weighted by Crippen LogP contribution is 2.49. The van der Waals surface area contributed by atoms with Crippen LogP contribution in [0.3, 0.4) is 0 Å². The van der Waals surface area contributed by atoms with E-state index >= 15 is 0 Å². The first-order chi connectivity index (χ1) is 9.89. The third-order valence-electron chi connectivity index (χ3n) is 4.86. The molecular formula is C17H21Cl2NO. The molecule has 1 N–H and O–H groups in total. The number of halogens is 2. The lowest BCUT2D eigenvalue weighted by molar-refractivity contribution is 0.0191. The molecule has 4 heteroatoms. The second-order valence-corrected chi connectivity index (χ2v) is 7.26.